The molecule has 0 unspecified atom stereocenters. The molecule has 0 aromatic carbocycles. The van der Waals surface area contributed by atoms with Gasteiger partial charge in [-0.05, 0) is 31.1 Å². The maximum Gasteiger partial charge on any atom is 0.222 e. The Morgan fingerprint density at radius 2 is 2.00 bits per heavy atom. The maximum absolute atomic E-state index is 12.1. The molecule has 1 rings (SSSR count). The zero-order valence-electron chi connectivity index (χ0n) is 11.2. The normalized spacial score (nSPS) is 19.0. The first kappa shape index (κ1) is 14.8. The van der Waals surface area contributed by atoms with Gasteiger partial charge in [0.05, 0.1) is 0 Å². The number of nitrogens with zero attached hydrogens (tertiary/aromatic N) is 1. The Balaban J connectivity index is 2.46. The van der Waals surface area contributed by atoms with E-state index >= 15 is 0 Å². The smallest absolute Gasteiger partial charge is 0.222 e. The second-order valence-corrected chi connectivity index (χ2v) is 6.24. The summed E-state index contributed by atoms with van der Waals surface area (Å²) in [5.74, 6) is 1.28. The van der Waals surface area contributed by atoms with Crippen molar-refractivity contribution in [1.82, 2.24) is 4.90 Å². The van der Waals surface area contributed by atoms with Crippen LogP contribution in [-0.4, -0.2) is 43.0 Å². The Kier molecular flexibility index (Phi) is 6.34. The van der Waals surface area contributed by atoms with Crippen molar-refractivity contribution in [2.75, 3.05) is 32.1 Å². The number of carbonyl (C=O) groups is 1. The minimum atomic E-state index is 0.100. The molecule has 0 saturated heterocycles. The molecule has 0 atom stereocenters. The molecule has 0 aliphatic heterocycles. The van der Waals surface area contributed by atoms with Gasteiger partial charge in [0.25, 0.3) is 0 Å². The van der Waals surface area contributed by atoms with Crippen LogP contribution in [0.4, 0.5) is 0 Å². The second kappa shape index (κ2) is 7.27. The molecule has 1 aliphatic rings. The average molecular weight is 258 g/mol. The third kappa shape index (κ3) is 4.51. The van der Waals surface area contributed by atoms with Crippen molar-refractivity contribution in [2.24, 2.45) is 11.1 Å². The lowest BCUT2D eigenvalue weighted by Gasteiger charge is -2.36. The SMILES string of the molecule is CSCCN(C)C(=O)CC1(CN)CCCCC1. The Hall–Kier alpha value is -0.220. The van der Waals surface area contributed by atoms with Crippen molar-refractivity contribution < 1.29 is 4.79 Å². The molecule has 4 heteroatoms. The van der Waals surface area contributed by atoms with E-state index in [4.69, 9.17) is 5.73 Å². The minimum Gasteiger partial charge on any atom is -0.345 e. The predicted octanol–water partition coefficient (Wildman–Crippen LogP) is 2.11. The molecule has 0 heterocycles. The molecule has 3 nitrogen and oxygen atoms in total. The van der Waals surface area contributed by atoms with Crippen LogP contribution >= 0.6 is 11.8 Å². The summed E-state index contributed by atoms with van der Waals surface area (Å²) in [5.41, 5.74) is 6.01. The summed E-state index contributed by atoms with van der Waals surface area (Å²) in [4.78, 5) is 14.0. The van der Waals surface area contributed by atoms with Gasteiger partial charge in [0.15, 0.2) is 0 Å². The van der Waals surface area contributed by atoms with Crippen LogP contribution in [0, 0.1) is 5.41 Å². The van der Waals surface area contributed by atoms with Crippen LogP contribution in [0.25, 0.3) is 0 Å². The van der Waals surface area contributed by atoms with Gasteiger partial charge >= 0.3 is 0 Å². The van der Waals surface area contributed by atoms with E-state index < -0.39 is 0 Å². The van der Waals surface area contributed by atoms with Crippen LogP contribution in [0.3, 0.4) is 0 Å². The fourth-order valence-electron chi connectivity index (χ4n) is 2.56. The lowest BCUT2D eigenvalue weighted by Crippen LogP contribution is -2.39. The molecule has 1 saturated carbocycles. The third-order valence-electron chi connectivity index (χ3n) is 3.93. The van der Waals surface area contributed by atoms with Gasteiger partial charge < -0.3 is 10.6 Å². The van der Waals surface area contributed by atoms with E-state index in [1.807, 2.05) is 11.9 Å². The number of carbonyl (C=O) groups excluding carboxylic acids is 1. The Labute approximate surface area is 109 Å². The Bertz CT molecular complexity index is 240. The number of hydrogen-bond donors (Lipinski definition) is 1. The molecule has 0 radical (unpaired) electrons. The first-order chi connectivity index (χ1) is 8.13. The Morgan fingerprint density at radius 3 is 2.53 bits per heavy atom. The standard InChI is InChI=1S/C13H26N2OS/c1-15(8-9-17-2)12(16)10-13(11-14)6-4-3-5-7-13/h3-11,14H2,1-2H3. The summed E-state index contributed by atoms with van der Waals surface area (Å²) in [6.45, 7) is 1.51. The second-order valence-electron chi connectivity index (χ2n) is 5.25. The molecular weight excluding hydrogens is 232 g/mol. The van der Waals surface area contributed by atoms with Crippen molar-refractivity contribution in [3.8, 4) is 0 Å². The lowest BCUT2D eigenvalue weighted by atomic mass is 9.71. The number of rotatable bonds is 6. The molecule has 0 spiro atoms. The highest BCUT2D eigenvalue weighted by atomic mass is 32.2. The lowest BCUT2D eigenvalue weighted by molar-refractivity contribution is -0.132. The van der Waals surface area contributed by atoms with Crippen LogP contribution in [0.1, 0.15) is 38.5 Å². The van der Waals surface area contributed by atoms with E-state index in [2.05, 4.69) is 6.26 Å². The summed E-state index contributed by atoms with van der Waals surface area (Å²) >= 11 is 1.78. The van der Waals surface area contributed by atoms with Gasteiger partial charge in [-0.2, -0.15) is 11.8 Å². The number of amides is 1. The van der Waals surface area contributed by atoms with Gasteiger partial charge in [-0.15, -0.1) is 0 Å². The van der Waals surface area contributed by atoms with Crippen LogP contribution < -0.4 is 5.73 Å². The summed E-state index contributed by atoms with van der Waals surface area (Å²) < 4.78 is 0. The monoisotopic (exact) mass is 258 g/mol. The highest BCUT2D eigenvalue weighted by Crippen LogP contribution is 2.38. The van der Waals surface area contributed by atoms with Crippen molar-refractivity contribution >= 4 is 17.7 Å². The molecular formula is C13H26N2OS. The van der Waals surface area contributed by atoms with Gasteiger partial charge in [0.2, 0.25) is 5.91 Å². The summed E-state index contributed by atoms with van der Waals surface area (Å²) in [6.07, 6.45) is 8.75. The quantitative estimate of drug-likeness (QED) is 0.793. The number of hydrogen-bond acceptors (Lipinski definition) is 3. The topological polar surface area (TPSA) is 46.3 Å². The van der Waals surface area contributed by atoms with Gasteiger partial charge in [-0.25, -0.2) is 0 Å². The first-order valence-corrected chi connectivity index (χ1v) is 7.96. The molecule has 100 valence electrons. The molecule has 0 aromatic heterocycles. The zero-order chi connectivity index (χ0) is 12.7. The molecule has 1 amide bonds. The van der Waals surface area contributed by atoms with E-state index in [-0.39, 0.29) is 11.3 Å². The van der Waals surface area contributed by atoms with Crippen molar-refractivity contribution in [2.45, 2.75) is 38.5 Å². The summed E-state index contributed by atoms with van der Waals surface area (Å²) in [7, 11) is 1.91. The largest absolute Gasteiger partial charge is 0.345 e. The minimum absolute atomic E-state index is 0.100. The third-order valence-corrected chi connectivity index (χ3v) is 4.52. The maximum atomic E-state index is 12.1. The molecule has 1 fully saturated rings. The van der Waals surface area contributed by atoms with Crippen LogP contribution in [-0.2, 0) is 4.79 Å². The molecule has 1 aliphatic carbocycles. The van der Waals surface area contributed by atoms with E-state index in [9.17, 15) is 4.79 Å². The van der Waals surface area contributed by atoms with Crippen LogP contribution in [0.5, 0.6) is 0 Å². The molecule has 0 bridgehead atoms. The van der Waals surface area contributed by atoms with Crippen molar-refractivity contribution in [3.63, 3.8) is 0 Å². The zero-order valence-corrected chi connectivity index (χ0v) is 12.0. The van der Waals surface area contributed by atoms with Gasteiger partial charge in [-0.1, -0.05) is 19.3 Å². The number of nitrogens with two attached hydrogens (primary N) is 1. The highest BCUT2D eigenvalue weighted by Gasteiger charge is 2.33. The Morgan fingerprint density at radius 1 is 1.35 bits per heavy atom. The summed E-state index contributed by atoms with van der Waals surface area (Å²) in [5, 5.41) is 0. The van der Waals surface area contributed by atoms with Crippen LogP contribution in [0.15, 0.2) is 0 Å². The molecule has 0 aromatic rings. The van der Waals surface area contributed by atoms with Crippen molar-refractivity contribution in [3.05, 3.63) is 0 Å². The van der Waals surface area contributed by atoms with E-state index in [0.29, 0.717) is 13.0 Å². The first-order valence-electron chi connectivity index (χ1n) is 6.56. The highest BCUT2D eigenvalue weighted by molar-refractivity contribution is 7.98. The fourth-order valence-corrected chi connectivity index (χ4v) is 3.02. The van der Waals surface area contributed by atoms with E-state index in [1.165, 1.54) is 19.3 Å². The summed E-state index contributed by atoms with van der Waals surface area (Å²) in [6, 6.07) is 0. The molecule has 2 N–H and O–H groups in total. The van der Waals surface area contributed by atoms with Gasteiger partial charge in [-0.3, -0.25) is 4.79 Å². The average Bonchev–Trinajstić information content (AvgIpc) is 2.36. The van der Waals surface area contributed by atoms with E-state index in [0.717, 1.165) is 25.1 Å². The van der Waals surface area contributed by atoms with E-state index in [1.54, 1.807) is 11.8 Å². The predicted molar refractivity (Wildman–Crippen MR) is 75.2 cm³/mol. The van der Waals surface area contributed by atoms with Crippen LogP contribution in [0.2, 0.25) is 0 Å². The van der Waals surface area contributed by atoms with Gasteiger partial charge in [0.1, 0.15) is 0 Å². The fraction of sp³-hybridized carbons (Fsp3) is 0.923. The number of thioether (sulfide) groups is 1. The van der Waals surface area contributed by atoms with Crippen molar-refractivity contribution in [1.29, 1.82) is 0 Å². The molecule has 17 heavy (non-hydrogen) atoms. The van der Waals surface area contributed by atoms with Gasteiger partial charge in [0, 0.05) is 25.8 Å².